The quantitative estimate of drug-likeness (QED) is 0.596. The average molecular weight is 279 g/mol. The second-order valence-electron chi connectivity index (χ2n) is 4.23. The summed E-state index contributed by atoms with van der Waals surface area (Å²) in [4.78, 5) is 23.1. The summed E-state index contributed by atoms with van der Waals surface area (Å²) in [6.07, 6.45) is 1.09. The van der Waals surface area contributed by atoms with Gasteiger partial charge in [0.2, 0.25) is 5.91 Å². The Kier molecular flexibility index (Phi) is 7.13. The molecule has 20 heavy (non-hydrogen) atoms. The molecule has 0 atom stereocenters. The summed E-state index contributed by atoms with van der Waals surface area (Å²) < 4.78 is 5.05. The number of nitrogens with one attached hydrogen (secondary N) is 2. The van der Waals surface area contributed by atoms with Gasteiger partial charge in [0.15, 0.2) is 0 Å². The van der Waals surface area contributed by atoms with Crippen molar-refractivity contribution in [3.05, 3.63) is 29.8 Å². The number of hydrogen-bond donors (Lipinski definition) is 3. The van der Waals surface area contributed by atoms with Crippen LogP contribution in [0.4, 0.5) is 0 Å². The molecule has 0 radical (unpaired) electrons. The number of ether oxygens (including phenoxy) is 1. The third-order valence-corrected chi connectivity index (χ3v) is 2.67. The van der Waals surface area contributed by atoms with E-state index in [1.807, 2.05) is 0 Å². The predicted octanol–water partition coefficient (Wildman–Crippen LogP) is 0.280. The molecule has 0 saturated carbocycles. The van der Waals surface area contributed by atoms with Crippen LogP contribution in [0.2, 0.25) is 0 Å². The predicted molar refractivity (Wildman–Crippen MR) is 76.6 cm³/mol. The van der Waals surface area contributed by atoms with Crippen molar-refractivity contribution < 1.29 is 14.3 Å². The smallest absolute Gasteiger partial charge is 0.251 e. The first kappa shape index (κ1) is 16.0. The Morgan fingerprint density at radius 3 is 2.70 bits per heavy atom. The van der Waals surface area contributed by atoms with Gasteiger partial charge < -0.3 is 21.1 Å². The molecular weight excluding hydrogens is 258 g/mol. The fraction of sp³-hybridized carbons (Fsp3) is 0.429. The highest BCUT2D eigenvalue weighted by Crippen LogP contribution is 2.11. The van der Waals surface area contributed by atoms with Gasteiger partial charge in [-0.25, -0.2) is 0 Å². The van der Waals surface area contributed by atoms with Gasteiger partial charge in [0.1, 0.15) is 5.75 Å². The van der Waals surface area contributed by atoms with Gasteiger partial charge in [-0.05, 0) is 31.2 Å². The van der Waals surface area contributed by atoms with Gasteiger partial charge in [0.25, 0.3) is 5.91 Å². The first-order chi connectivity index (χ1) is 9.67. The van der Waals surface area contributed by atoms with Crippen LogP contribution in [0, 0.1) is 0 Å². The van der Waals surface area contributed by atoms with Crippen LogP contribution in [-0.4, -0.2) is 38.6 Å². The van der Waals surface area contributed by atoms with Gasteiger partial charge in [-0.3, -0.25) is 9.59 Å². The van der Waals surface area contributed by atoms with Gasteiger partial charge in [-0.1, -0.05) is 6.07 Å². The lowest BCUT2D eigenvalue weighted by Crippen LogP contribution is -2.34. The van der Waals surface area contributed by atoms with E-state index in [0.29, 0.717) is 43.8 Å². The zero-order valence-electron chi connectivity index (χ0n) is 11.6. The maximum atomic E-state index is 11.8. The van der Waals surface area contributed by atoms with Crippen molar-refractivity contribution in [3.63, 3.8) is 0 Å². The minimum absolute atomic E-state index is 0.0499. The van der Waals surface area contributed by atoms with Crippen LogP contribution in [0.25, 0.3) is 0 Å². The first-order valence-corrected chi connectivity index (χ1v) is 6.56. The highest BCUT2D eigenvalue weighted by atomic mass is 16.5. The number of amides is 2. The number of hydrogen-bond acceptors (Lipinski definition) is 4. The van der Waals surface area contributed by atoms with Crippen LogP contribution < -0.4 is 21.1 Å². The van der Waals surface area contributed by atoms with Crippen LogP contribution >= 0.6 is 0 Å². The average Bonchev–Trinajstić information content (AvgIpc) is 2.49. The summed E-state index contributed by atoms with van der Waals surface area (Å²) in [5, 5.41) is 5.44. The van der Waals surface area contributed by atoms with Crippen LogP contribution in [0.5, 0.6) is 5.75 Å². The molecule has 6 heteroatoms. The molecule has 0 spiro atoms. The van der Waals surface area contributed by atoms with E-state index < -0.39 is 0 Å². The third-order valence-electron chi connectivity index (χ3n) is 2.67. The van der Waals surface area contributed by atoms with Crippen LogP contribution in [0.15, 0.2) is 24.3 Å². The van der Waals surface area contributed by atoms with E-state index >= 15 is 0 Å². The summed E-state index contributed by atoms with van der Waals surface area (Å²) in [7, 11) is 1.55. The van der Waals surface area contributed by atoms with E-state index in [4.69, 9.17) is 10.5 Å². The molecule has 0 aliphatic rings. The highest BCUT2D eigenvalue weighted by Gasteiger charge is 2.06. The Bertz CT molecular complexity index is 449. The number of carbonyl (C=O) groups excluding carboxylic acids is 2. The molecule has 0 unspecified atom stereocenters. The number of methoxy groups -OCH3 is 1. The van der Waals surface area contributed by atoms with Gasteiger partial charge >= 0.3 is 0 Å². The molecule has 2 amide bonds. The fourth-order valence-corrected chi connectivity index (χ4v) is 1.60. The molecule has 0 aliphatic heterocycles. The Morgan fingerprint density at radius 1 is 1.25 bits per heavy atom. The Morgan fingerprint density at radius 2 is 2.00 bits per heavy atom. The normalized spacial score (nSPS) is 9.90. The first-order valence-electron chi connectivity index (χ1n) is 6.56. The van der Waals surface area contributed by atoms with Crippen LogP contribution in [0.3, 0.4) is 0 Å². The molecule has 0 bridgehead atoms. The van der Waals surface area contributed by atoms with E-state index in [0.717, 1.165) is 0 Å². The van der Waals surface area contributed by atoms with Crippen molar-refractivity contribution in [2.24, 2.45) is 5.73 Å². The second kappa shape index (κ2) is 8.92. The standard InChI is InChI=1S/C14H21N3O3/c1-20-12-5-2-4-11(10-12)14(19)17-9-8-16-13(18)6-3-7-15/h2,4-5,10H,3,6-9,15H2,1H3,(H,16,18)(H,17,19). The third kappa shape index (κ3) is 5.71. The zero-order chi connectivity index (χ0) is 14.8. The van der Waals surface area contributed by atoms with E-state index in [1.54, 1.807) is 31.4 Å². The number of nitrogens with two attached hydrogens (primary N) is 1. The van der Waals surface area contributed by atoms with Crippen LogP contribution in [0.1, 0.15) is 23.2 Å². The van der Waals surface area contributed by atoms with Crippen molar-refractivity contribution in [3.8, 4) is 5.75 Å². The fourth-order valence-electron chi connectivity index (χ4n) is 1.60. The lowest BCUT2D eigenvalue weighted by atomic mass is 10.2. The van der Waals surface area contributed by atoms with Gasteiger partial charge in [0, 0.05) is 25.1 Å². The van der Waals surface area contributed by atoms with Gasteiger partial charge in [0.05, 0.1) is 7.11 Å². The van der Waals surface area contributed by atoms with E-state index in [-0.39, 0.29) is 11.8 Å². The van der Waals surface area contributed by atoms with Gasteiger partial charge in [-0.2, -0.15) is 0 Å². The summed E-state index contributed by atoms with van der Waals surface area (Å²) in [5.41, 5.74) is 5.84. The van der Waals surface area contributed by atoms with Crippen molar-refractivity contribution in [2.45, 2.75) is 12.8 Å². The second-order valence-corrected chi connectivity index (χ2v) is 4.23. The lowest BCUT2D eigenvalue weighted by Gasteiger charge is -2.08. The molecule has 0 saturated heterocycles. The van der Waals surface area contributed by atoms with Gasteiger partial charge in [-0.15, -0.1) is 0 Å². The SMILES string of the molecule is COc1cccc(C(=O)NCCNC(=O)CCCN)c1. The van der Waals surface area contributed by atoms with Crippen LogP contribution in [-0.2, 0) is 4.79 Å². The molecule has 1 aromatic rings. The molecule has 4 N–H and O–H groups in total. The maximum Gasteiger partial charge on any atom is 0.251 e. The summed E-state index contributed by atoms with van der Waals surface area (Å²) in [6, 6.07) is 6.89. The molecule has 1 rings (SSSR count). The number of carbonyl (C=O) groups is 2. The van der Waals surface area contributed by atoms with Crippen molar-refractivity contribution in [2.75, 3.05) is 26.7 Å². The summed E-state index contributed by atoms with van der Waals surface area (Å²) in [6.45, 7) is 1.28. The highest BCUT2D eigenvalue weighted by molar-refractivity contribution is 5.94. The molecule has 1 aromatic carbocycles. The number of benzene rings is 1. The molecule has 110 valence electrons. The van der Waals surface area contributed by atoms with E-state index in [9.17, 15) is 9.59 Å². The van der Waals surface area contributed by atoms with Crippen molar-refractivity contribution in [1.82, 2.24) is 10.6 Å². The van der Waals surface area contributed by atoms with Crippen molar-refractivity contribution >= 4 is 11.8 Å². The molecule has 0 fully saturated rings. The molecule has 0 heterocycles. The Hall–Kier alpha value is -2.08. The zero-order valence-corrected chi connectivity index (χ0v) is 11.6. The number of rotatable bonds is 8. The maximum absolute atomic E-state index is 11.8. The topological polar surface area (TPSA) is 93.5 Å². The minimum Gasteiger partial charge on any atom is -0.497 e. The molecule has 0 aliphatic carbocycles. The monoisotopic (exact) mass is 279 g/mol. The largest absolute Gasteiger partial charge is 0.497 e. The van der Waals surface area contributed by atoms with E-state index in [2.05, 4.69) is 10.6 Å². The lowest BCUT2D eigenvalue weighted by molar-refractivity contribution is -0.121. The summed E-state index contributed by atoms with van der Waals surface area (Å²) in [5.74, 6) is 0.388. The summed E-state index contributed by atoms with van der Waals surface area (Å²) >= 11 is 0. The minimum atomic E-state index is -0.194. The molecular formula is C14H21N3O3. The Labute approximate surface area is 118 Å². The van der Waals surface area contributed by atoms with E-state index in [1.165, 1.54) is 0 Å². The van der Waals surface area contributed by atoms with Crippen molar-refractivity contribution in [1.29, 1.82) is 0 Å². The Balaban J connectivity index is 2.27. The molecule has 6 nitrogen and oxygen atoms in total. The molecule has 0 aromatic heterocycles.